The zero-order valence-corrected chi connectivity index (χ0v) is 11.3. The van der Waals surface area contributed by atoms with Gasteiger partial charge in [-0.25, -0.2) is 0 Å². The van der Waals surface area contributed by atoms with Crippen LogP contribution in [0.1, 0.15) is 32.6 Å². The molecule has 18 heavy (non-hydrogen) atoms. The Morgan fingerprint density at radius 3 is 2.61 bits per heavy atom. The average Bonchev–Trinajstić information content (AvgIpc) is 2.41. The van der Waals surface area contributed by atoms with Gasteiger partial charge in [-0.2, -0.15) is 0 Å². The van der Waals surface area contributed by atoms with Crippen LogP contribution in [0, 0.1) is 0 Å². The molecular weight excluding hydrogens is 248 g/mol. The molecule has 4 heteroatoms. The lowest BCUT2D eigenvalue weighted by Gasteiger charge is -2.07. The number of unbranched alkanes of at least 4 members (excludes halogenated alkanes) is 3. The number of aromatic nitrogens is 2. The molecule has 0 saturated heterocycles. The molecule has 96 valence electrons. The van der Waals surface area contributed by atoms with Crippen molar-refractivity contribution in [3.05, 3.63) is 29.4 Å². The molecule has 0 spiro atoms. The Labute approximate surface area is 112 Å². The van der Waals surface area contributed by atoms with Crippen molar-refractivity contribution in [1.29, 1.82) is 0 Å². The van der Waals surface area contributed by atoms with E-state index >= 15 is 0 Å². The van der Waals surface area contributed by atoms with Crippen molar-refractivity contribution in [2.75, 3.05) is 6.61 Å². The fourth-order valence-corrected chi connectivity index (χ4v) is 2.05. The van der Waals surface area contributed by atoms with Crippen LogP contribution < -0.4 is 4.74 Å². The third-order valence-electron chi connectivity index (χ3n) is 2.85. The smallest absolute Gasteiger partial charge is 0.241 e. The Hall–Kier alpha value is -1.35. The molecule has 2 aromatic rings. The van der Waals surface area contributed by atoms with Gasteiger partial charge in [0.05, 0.1) is 6.61 Å². The van der Waals surface area contributed by atoms with Gasteiger partial charge in [-0.3, -0.25) is 0 Å². The molecule has 0 fully saturated rings. The van der Waals surface area contributed by atoms with Crippen LogP contribution in [0.3, 0.4) is 0 Å². The van der Waals surface area contributed by atoms with Crippen LogP contribution in [-0.4, -0.2) is 16.8 Å². The van der Waals surface area contributed by atoms with Crippen molar-refractivity contribution in [3.63, 3.8) is 0 Å². The van der Waals surface area contributed by atoms with Gasteiger partial charge in [0.15, 0.2) is 5.15 Å². The van der Waals surface area contributed by atoms with Gasteiger partial charge in [0.1, 0.15) is 0 Å². The number of halogens is 1. The molecule has 1 heterocycles. The second-order valence-corrected chi connectivity index (χ2v) is 4.61. The van der Waals surface area contributed by atoms with E-state index in [0.29, 0.717) is 17.6 Å². The molecule has 0 saturated carbocycles. The maximum Gasteiger partial charge on any atom is 0.241 e. The van der Waals surface area contributed by atoms with E-state index in [9.17, 15) is 0 Å². The average molecular weight is 265 g/mol. The van der Waals surface area contributed by atoms with Crippen molar-refractivity contribution in [2.45, 2.75) is 32.6 Å². The van der Waals surface area contributed by atoms with Crippen LogP contribution >= 0.6 is 11.6 Å². The van der Waals surface area contributed by atoms with Gasteiger partial charge in [0, 0.05) is 10.8 Å². The van der Waals surface area contributed by atoms with E-state index in [0.717, 1.165) is 17.2 Å². The van der Waals surface area contributed by atoms with Gasteiger partial charge in [-0.1, -0.05) is 56.0 Å². The van der Waals surface area contributed by atoms with E-state index in [1.807, 2.05) is 24.3 Å². The molecule has 0 aliphatic rings. The first-order valence-electron chi connectivity index (χ1n) is 6.36. The number of rotatable bonds is 6. The lowest BCUT2D eigenvalue weighted by Crippen LogP contribution is -2.01. The van der Waals surface area contributed by atoms with Crippen LogP contribution in [0.2, 0.25) is 5.15 Å². The highest BCUT2D eigenvalue weighted by atomic mass is 35.5. The van der Waals surface area contributed by atoms with Gasteiger partial charge in [0.25, 0.3) is 0 Å². The molecule has 0 N–H and O–H groups in total. The molecule has 0 radical (unpaired) electrons. The third kappa shape index (κ3) is 3.10. The number of hydrogen-bond acceptors (Lipinski definition) is 3. The first-order chi connectivity index (χ1) is 8.83. The van der Waals surface area contributed by atoms with Crippen molar-refractivity contribution in [1.82, 2.24) is 10.2 Å². The van der Waals surface area contributed by atoms with Gasteiger partial charge < -0.3 is 4.74 Å². The van der Waals surface area contributed by atoms with Gasteiger partial charge in [0.2, 0.25) is 5.88 Å². The highest BCUT2D eigenvalue weighted by Gasteiger charge is 2.07. The van der Waals surface area contributed by atoms with E-state index in [1.165, 1.54) is 19.3 Å². The largest absolute Gasteiger partial charge is 0.476 e. The lowest BCUT2D eigenvalue weighted by molar-refractivity contribution is 0.294. The predicted octanol–water partition coefficient (Wildman–Crippen LogP) is 4.24. The normalized spacial score (nSPS) is 10.8. The molecule has 1 aromatic carbocycles. The Bertz CT molecular complexity index is 516. The van der Waals surface area contributed by atoms with E-state index in [4.69, 9.17) is 16.3 Å². The number of hydrogen-bond donors (Lipinski definition) is 0. The van der Waals surface area contributed by atoms with Gasteiger partial charge in [-0.05, 0) is 12.5 Å². The molecule has 0 aliphatic heterocycles. The second-order valence-electron chi connectivity index (χ2n) is 4.25. The maximum atomic E-state index is 6.00. The second kappa shape index (κ2) is 6.55. The molecule has 0 aliphatic carbocycles. The van der Waals surface area contributed by atoms with Crippen LogP contribution in [0.15, 0.2) is 24.3 Å². The first kappa shape index (κ1) is 13.1. The molecule has 0 unspecified atom stereocenters. The lowest BCUT2D eigenvalue weighted by atomic mass is 10.2. The quantitative estimate of drug-likeness (QED) is 0.732. The summed E-state index contributed by atoms with van der Waals surface area (Å²) >= 11 is 6.00. The molecule has 0 atom stereocenters. The highest BCUT2D eigenvalue weighted by Crippen LogP contribution is 2.27. The number of benzene rings is 1. The minimum atomic E-state index is 0.420. The summed E-state index contributed by atoms with van der Waals surface area (Å²) in [6, 6.07) is 7.76. The highest BCUT2D eigenvalue weighted by molar-refractivity contribution is 6.34. The van der Waals surface area contributed by atoms with E-state index in [1.54, 1.807) is 0 Å². The Balaban J connectivity index is 2.07. The van der Waals surface area contributed by atoms with Crippen LogP contribution in [0.25, 0.3) is 10.8 Å². The van der Waals surface area contributed by atoms with E-state index < -0.39 is 0 Å². The third-order valence-corrected chi connectivity index (χ3v) is 3.12. The van der Waals surface area contributed by atoms with Crippen LogP contribution in [0.4, 0.5) is 0 Å². The van der Waals surface area contributed by atoms with E-state index in [-0.39, 0.29) is 0 Å². The summed E-state index contributed by atoms with van der Waals surface area (Å²) < 4.78 is 5.69. The topological polar surface area (TPSA) is 35.0 Å². The number of ether oxygens (including phenoxy) is 1. The monoisotopic (exact) mass is 264 g/mol. The summed E-state index contributed by atoms with van der Waals surface area (Å²) in [6.45, 7) is 2.87. The van der Waals surface area contributed by atoms with Crippen molar-refractivity contribution >= 4 is 22.4 Å². The molecule has 2 rings (SSSR count). The van der Waals surface area contributed by atoms with Gasteiger partial charge >= 0.3 is 0 Å². The minimum absolute atomic E-state index is 0.420. The first-order valence-corrected chi connectivity index (χ1v) is 6.74. The number of nitrogens with zero attached hydrogens (tertiary/aromatic N) is 2. The predicted molar refractivity (Wildman–Crippen MR) is 74.2 cm³/mol. The Morgan fingerprint density at radius 2 is 1.83 bits per heavy atom. The van der Waals surface area contributed by atoms with Gasteiger partial charge in [-0.15, -0.1) is 10.2 Å². The summed E-state index contributed by atoms with van der Waals surface area (Å²) in [5.41, 5.74) is 0. The minimum Gasteiger partial charge on any atom is -0.476 e. The zero-order chi connectivity index (χ0) is 12.8. The van der Waals surface area contributed by atoms with Crippen molar-refractivity contribution < 1.29 is 4.74 Å². The summed E-state index contributed by atoms with van der Waals surface area (Å²) in [6.07, 6.45) is 4.71. The van der Waals surface area contributed by atoms with Crippen LogP contribution in [-0.2, 0) is 0 Å². The van der Waals surface area contributed by atoms with E-state index in [2.05, 4.69) is 17.1 Å². The molecular formula is C14H17ClN2O. The maximum absolute atomic E-state index is 6.00. The molecule has 1 aromatic heterocycles. The number of fused-ring (bicyclic) bond motifs is 1. The summed E-state index contributed by atoms with van der Waals surface area (Å²) in [5, 5.41) is 10.2. The summed E-state index contributed by atoms with van der Waals surface area (Å²) in [5.74, 6) is 0.575. The SMILES string of the molecule is CCCCCCOc1nnc(Cl)c2ccccc12. The fraction of sp³-hybridized carbons (Fsp3) is 0.429. The van der Waals surface area contributed by atoms with Crippen molar-refractivity contribution in [2.24, 2.45) is 0 Å². The summed E-state index contributed by atoms with van der Waals surface area (Å²) in [4.78, 5) is 0. The molecule has 3 nitrogen and oxygen atoms in total. The Morgan fingerprint density at radius 1 is 1.06 bits per heavy atom. The fourth-order valence-electron chi connectivity index (χ4n) is 1.85. The Kier molecular flexibility index (Phi) is 4.76. The summed E-state index contributed by atoms with van der Waals surface area (Å²) in [7, 11) is 0. The molecule has 0 amide bonds. The van der Waals surface area contributed by atoms with Crippen LogP contribution in [0.5, 0.6) is 5.88 Å². The van der Waals surface area contributed by atoms with Crippen molar-refractivity contribution in [3.8, 4) is 5.88 Å². The zero-order valence-electron chi connectivity index (χ0n) is 10.5. The molecule has 0 bridgehead atoms. The standard InChI is InChI=1S/C14H17ClN2O/c1-2-3-4-7-10-18-14-12-9-6-5-8-11(12)13(15)16-17-14/h5-6,8-9H,2-4,7,10H2,1H3.